The van der Waals surface area contributed by atoms with Gasteiger partial charge in [0.25, 0.3) is 17.7 Å². The van der Waals surface area contributed by atoms with Gasteiger partial charge in [-0.15, -0.1) is 11.3 Å². The molecule has 1 saturated heterocycles. The molecule has 0 unspecified atom stereocenters. The third-order valence-electron chi connectivity index (χ3n) is 7.55. The molecule has 42 heavy (non-hydrogen) atoms. The fourth-order valence-electron chi connectivity index (χ4n) is 5.57. The largest absolute Gasteiger partial charge is 0.322 e. The molecule has 6 rings (SSSR count). The number of para-hydroxylation sites is 1. The minimum atomic E-state index is -0.645. The standard InChI is InChI=1S/C32H27FN4O3S2/c1-18-15-20(16-25-28(38)35-32(41)37(30(25)40)23-12-8-9-21(33)17-23)19(2)36(18)31-27(24-13-6-7-14-26(24)42-31)29(39)34-22-10-4-3-5-11-22/h3-5,8-12,15-17H,6-7,13-14H2,1-2H3,(H,34,39)(H,35,38,41)/b25-16-. The van der Waals surface area contributed by atoms with E-state index in [4.69, 9.17) is 12.2 Å². The minimum Gasteiger partial charge on any atom is -0.322 e. The van der Waals surface area contributed by atoms with E-state index in [2.05, 4.69) is 10.6 Å². The van der Waals surface area contributed by atoms with Crippen LogP contribution in [-0.4, -0.2) is 27.4 Å². The van der Waals surface area contributed by atoms with Crippen molar-refractivity contribution in [2.75, 3.05) is 10.2 Å². The van der Waals surface area contributed by atoms with E-state index >= 15 is 0 Å². The number of aryl methyl sites for hydroxylation is 2. The molecular formula is C32H27FN4O3S2. The summed E-state index contributed by atoms with van der Waals surface area (Å²) in [5.74, 6) is -1.96. The molecule has 3 amide bonds. The molecule has 1 aliphatic heterocycles. The molecule has 1 fully saturated rings. The van der Waals surface area contributed by atoms with Crippen molar-refractivity contribution in [2.24, 2.45) is 0 Å². The smallest absolute Gasteiger partial charge is 0.270 e. The van der Waals surface area contributed by atoms with Crippen LogP contribution in [0.2, 0.25) is 0 Å². The maximum Gasteiger partial charge on any atom is 0.270 e. The summed E-state index contributed by atoms with van der Waals surface area (Å²) < 4.78 is 16.0. The summed E-state index contributed by atoms with van der Waals surface area (Å²) in [4.78, 5) is 42.5. The van der Waals surface area contributed by atoms with E-state index in [1.807, 2.05) is 54.8 Å². The Bertz CT molecular complexity index is 1810. The number of fused-ring (bicyclic) bond motifs is 1. The number of thiophene rings is 1. The Balaban J connectivity index is 1.42. The van der Waals surface area contributed by atoms with Gasteiger partial charge < -0.3 is 9.88 Å². The third kappa shape index (κ3) is 4.97. The van der Waals surface area contributed by atoms with Gasteiger partial charge >= 0.3 is 0 Å². The molecule has 2 aromatic heterocycles. The monoisotopic (exact) mass is 598 g/mol. The highest BCUT2D eigenvalue weighted by Crippen LogP contribution is 2.39. The van der Waals surface area contributed by atoms with Crippen LogP contribution in [0.25, 0.3) is 11.1 Å². The van der Waals surface area contributed by atoms with Crippen LogP contribution in [0.5, 0.6) is 0 Å². The SMILES string of the molecule is Cc1cc(/C=C2/C(=O)NC(=S)N(c3cccc(F)c3)C2=O)c(C)n1-c1sc2c(c1C(=O)Nc1ccccc1)CCCC2. The van der Waals surface area contributed by atoms with Crippen molar-refractivity contribution in [1.82, 2.24) is 9.88 Å². The fourth-order valence-corrected chi connectivity index (χ4v) is 7.35. The van der Waals surface area contributed by atoms with E-state index in [1.165, 1.54) is 29.2 Å². The van der Waals surface area contributed by atoms with Crippen LogP contribution in [0.3, 0.4) is 0 Å². The Morgan fingerprint density at radius 2 is 1.81 bits per heavy atom. The summed E-state index contributed by atoms with van der Waals surface area (Å²) in [6.07, 6.45) is 5.39. The zero-order chi connectivity index (χ0) is 29.5. The molecule has 0 atom stereocenters. The number of carbonyl (C=O) groups excluding carboxylic acids is 3. The number of nitrogens with one attached hydrogen (secondary N) is 2. The topological polar surface area (TPSA) is 83.4 Å². The molecule has 7 nitrogen and oxygen atoms in total. The first-order valence-electron chi connectivity index (χ1n) is 13.6. The number of anilines is 2. The molecule has 10 heteroatoms. The van der Waals surface area contributed by atoms with E-state index in [9.17, 15) is 18.8 Å². The summed E-state index contributed by atoms with van der Waals surface area (Å²) in [5.41, 5.74) is 4.85. The van der Waals surface area contributed by atoms with Gasteiger partial charge in [-0.3, -0.25) is 24.6 Å². The number of carbonyl (C=O) groups is 3. The first-order chi connectivity index (χ1) is 20.2. The molecule has 2 aromatic carbocycles. The number of rotatable bonds is 5. The van der Waals surface area contributed by atoms with E-state index < -0.39 is 17.6 Å². The second-order valence-corrected chi connectivity index (χ2v) is 11.8. The Morgan fingerprint density at radius 1 is 1.05 bits per heavy atom. The number of aromatic nitrogens is 1. The van der Waals surface area contributed by atoms with Crippen molar-refractivity contribution in [1.29, 1.82) is 0 Å². The van der Waals surface area contributed by atoms with Crippen LogP contribution >= 0.6 is 23.6 Å². The van der Waals surface area contributed by atoms with Crippen LogP contribution in [0.15, 0.2) is 66.2 Å². The van der Waals surface area contributed by atoms with Crippen molar-refractivity contribution < 1.29 is 18.8 Å². The number of hydrogen-bond donors (Lipinski definition) is 2. The van der Waals surface area contributed by atoms with E-state index in [0.29, 0.717) is 11.1 Å². The molecule has 0 bridgehead atoms. The number of thiocarbonyl (C=S) groups is 1. The van der Waals surface area contributed by atoms with Gasteiger partial charge in [0.2, 0.25) is 0 Å². The Labute approximate surface area is 251 Å². The molecular weight excluding hydrogens is 572 g/mol. The van der Waals surface area contributed by atoms with Gasteiger partial charge in [-0.05, 0) is 105 Å². The van der Waals surface area contributed by atoms with Gasteiger partial charge in [-0.25, -0.2) is 4.39 Å². The average molecular weight is 599 g/mol. The summed E-state index contributed by atoms with van der Waals surface area (Å²) >= 11 is 6.87. The van der Waals surface area contributed by atoms with Crippen molar-refractivity contribution in [2.45, 2.75) is 39.5 Å². The highest BCUT2D eigenvalue weighted by atomic mass is 32.1. The van der Waals surface area contributed by atoms with Gasteiger partial charge in [0.1, 0.15) is 16.4 Å². The molecule has 3 heterocycles. The van der Waals surface area contributed by atoms with E-state index in [1.54, 1.807) is 17.4 Å². The van der Waals surface area contributed by atoms with Crippen LogP contribution in [-0.2, 0) is 22.4 Å². The van der Waals surface area contributed by atoms with Gasteiger partial charge in [0, 0.05) is 22.0 Å². The predicted octanol–water partition coefficient (Wildman–Crippen LogP) is 6.26. The molecule has 0 radical (unpaired) electrons. The predicted molar refractivity (Wildman–Crippen MR) is 167 cm³/mol. The second kappa shape index (κ2) is 11.1. The van der Waals surface area contributed by atoms with Gasteiger partial charge in [-0.2, -0.15) is 0 Å². The Hall–Kier alpha value is -4.41. The first kappa shape index (κ1) is 27.7. The Morgan fingerprint density at radius 3 is 2.57 bits per heavy atom. The molecule has 1 aliphatic carbocycles. The lowest BCUT2D eigenvalue weighted by Gasteiger charge is -2.28. The summed E-state index contributed by atoms with van der Waals surface area (Å²) in [5, 5.41) is 6.31. The molecule has 0 saturated carbocycles. The highest BCUT2D eigenvalue weighted by molar-refractivity contribution is 7.80. The average Bonchev–Trinajstić information content (AvgIpc) is 3.47. The Kier molecular flexibility index (Phi) is 7.34. The normalized spacial score (nSPS) is 16.0. The van der Waals surface area contributed by atoms with Gasteiger partial charge in [0.15, 0.2) is 5.11 Å². The summed E-state index contributed by atoms with van der Waals surface area (Å²) in [7, 11) is 0. The quantitative estimate of drug-likeness (QED) is 0.162. The maximum absolute atomic E-state index is 13.9. The highest BCUT2D eigenvalue weighted by Gasteiger charge is 2.35. The van der Waals surface area contributed by atoms with Crippen LogP contribution in [0.4, 0.5) is 15.8 Å². The minimum absolute atomic E-state index is 0.114. The van der Waals surface area contributed by atoms with E-state index in [0.717, 1.165) is 58.2 Å². The second-order valence-electron chi connectivity index (χ2n) is 10.3. The van der Waals surface area contributed by atoms with Crippen LogP contribution < -0.4 is 15.5 Å². The zero-order valence-corrected chi connectivity index (χ0v) is 24.6. The van der Waals surface area contributed by atoms with Crippen molar-refractivity contribution in [3.8, 4) is 5.00 Å². The van der Waals surface area contributed by atoms with Crippen molar-refractivity contribution in [3.63, 3.8) is 0 Å². The summed E-state index contributed by atoms with van der Waals surface area (Å²) in [6, 6.07) is 16.7. The van der Waals surface area contributed by atoms with Gasteiger partial charge in [0.05, 0.1) is 11.3 Å². The molecule has 2 aliphatic rings. The summed E-state index contributed by atoms with van der Waals surface area (Å²) in [6.45, 7) is 3.83. The molecule has 4 aromatic rings. The number of hydrogen-bond acceptors (Lipinski definition) is 5. The number of amides is 3. The van der Waals surface area contributed by atoms with E-state index in [-0.39, 0.29) is 22.3 Å². The lowest BCUT2D eigenvalue weighted by Crippen LogP contribution is -2.54. The zero-order valence-electron chi connectivity index (χ0n) is 23.0. The molecule has 212 valence electrons. The fraction of sp³-hybridized carbons (Fsp3) is 0.188. The van der Waals surface area contributed by atoms with Gasteiger partial charge in [-0.1, -0.05) is 24.3 Å². The van der Waals surface area contributed by atoms with Crippen molar-refractivity contribution in [3.05, 3.63) is 105 Å². The van der Waals surface area contributed by atoms with Crippen LogP contribution in [0, 0.1) is 19.7 Å². The van der Waals surface area contributed by atoms with Crippen LogP contribution in [0.1, 0.15) is 50.6 Å². The number of nitrogens with zero attached hydrogens (tertiary/aromatic N) is 2. The number of halogens is 1. The molecule has 0 spiro atoms. The third-order valence-corrected chi connectivity index (χ3v) is 9.11. The lowest BCUT2D eigenvalue weighted by molar-refractivity contribution is -0.122. The first-order valence-corrected chi connectivity index (χ1v) is 14.8. The molecule has 2 N–H and O–H groups in total. The maximum atomic E-state index is 13.9. The van der Waals surface area contributed by atoms with Crippen molar-refractivity contribution >= 4 is 63.8 Å². The lowest BCUT2D eigenvalue weighted by atomic mass is 9.95. The number of benzene rings is 2.